The number of aryl methyl sites for hydroxylation is 1. The second kappa shape index (κ2) is 6.56. The second-order valence-electron chi connectivity index (χ2n) is 4.87. The Morgan fingerprint density at radius 3 is 1.76 bits per heavy atom. The normalized spacial score (nSPS) is 10.6. The lowest BCUT2D eigenvalue weighted by molar-refractivity contribution is 0.629. The number of rotatable bonds is 4. The van der Waals surface area contributed by atoms with Gasteiger partial charge in [0, 0.05) is 10.6 Å². The fourth-order valence-corrected chi connectivity index (χ4v) is 3.88. The molecule has 0 bridgehead atoms. The van der Waals surface area contributed by atoms with Crippen LogP contribution in [0.4, 0.5) is 0 Å². The number of hydrogen-bond acceptors (Lipinski definition) is 1. The lowest BCUT2D eigenvalue weighted by Gasteiger charge is -2.19. The molecule has 0 radical (unpaired) electrons. The first-order chi connectivity index (χ1) is 10.3. The van der Waals surface area contributed by atoms with Gasteiger partial charge in [0.1, 0.15) is 5.75 Å². The third-order valence-corrected chi connectivity index (χ3v) is 5.10. The minimum absolute atomic E-state index is 0.840. The molecule has 0 atom stereocenters. The van der Waals surface area contributed by atoms with Crippen LogP contribution in [0.15, 0.2) is 84.9 Å². The van der Waals surface area contributed by atoms with Crippen LogP contribution in [0, 0.1) is 6.92 Å². The van der Waals surface area contributed by atoms with E-state index in [1.807, 2.05) is 24.3 Å². The highest BCUT2D eigenvalue weighted by Gasteiger charge is 2.16. The Balaban J connectivity index is 1.97. The predicted octanol–water partition coefficient (Wildman–Crippen LogP) is 4.42. The van der Waals surface area contributed by atoms with Gasteiger partial charge in [0.2, 0.25) is 0 Å². The molecule has 0 aromatic heterocycles. The van der Waals surface area contributed by atoms with Crippen molar-refractivity contribution in [1.29, 1.82) is 0 Å². The van der Waals surface area contributed by atoms with E-state index in [-0.39, 0.29) is 0 Å². The SMILES string of the molecule is Cc1cccc(OP(c2ccccc2)c2ccccc2)c1. The first-order valence-corrected chi connectivity index (χ1v) is 8.24. The van der Waals surface area contributed by atoms with E-state index in [1.165, 1.54) is 16.2 Å². The molecular weight excluding hydrogens is 275 g/mol. The molecule has 2 heteroatoms. The smallest absolute Gasteiger partial charge is 0.150 e. The summed E-state index contributed by atoms with van der Waals surface area (Å²) in [5.41, 5.74) is 1.21. The van der Waals surface area contributed by atoms with Gasteiger partial charge in [0.25, 0.3) is 0 Å². The lowest BCUT2D eigenvalue weighted by atomic mass is 10.2. The van der Waals surface area contributed by atoms with Crippen molar-refractivity contribution in [3.63, 3.8) is 0 Å². The molecular formula is C19H17OP. The third-order valence-electron chi connectivity index (χ3n) is 3.17. The zero-order valence-electron chi connectivity index (χ0n) is 11.9. The molecule has 104 valence electrons. The Labute approximate surface area is 127 Å². The van der Waals surface area contributed by atoms with Crippen LogP contribution < -0.4 is 15.1 Å². The van der Waals surface area contributed by atoms with Gasteiger partial charge in [-0.1, -0.05) is 72.8 Å². The standard InChI is InChI=1S/C19H17OP/c1-16-9-8-10-17(15-16)20-21(18-11-4-2-5-12-18)19-13-6-3-7-14-19/h2-15H,1H3. The maximum atomic E-state index is 6.33. The summed E-state index contributed by atoms with van der Waals surface area (Å²) in [5.74, 6) is 0.925. The summed E-state index contributed by atoms with van der Waals surface area (Å²) >= 11 is 0. The van der Waals surface area contributed by atoms with E-state index < -0.39 is 8.15 Å². The van der Waals surface area contributed by atoms with Gasteiger partial charge in [-0.2, -0.15) is 0 Å². The molecule has 3 aromatic rings. The van der Waals surface area contributed by atoms with E-state index in [9.17, 15) is 0 Å². The zero-order valence-corrected chi connectivity index (χ0v) is 12.8. The van der Waals surface area contributed by atoms with Crippen molar-refractivity contribution in [2.75, 3.05) is 0 Å². The van der Waals surface area contributed by atoms with Crippen molar-refractivity contribution in [2.45, 2.75) is 6.92 Å². The fourth-order valence-electron chi connectivity index (χ4n) is 2.16. The average molecular weight is 292 g/mol. The van der Waals surface area contributed by atoms with E-state index in [0.717, 1.165) is 5.75 Å². The molecule has 21 heavy (non-hydrogen) atoms. The van der Waals surface area contributed by atoms with Crippen molar-refractivity contribution in [3.05, 3.63) is 90.5 Å². The lowest BCUT2D eigenvalue weighted by Crippen LogP contribution is -2.15. The van der Waals surface area contributed by atoms with Crippen LogP contribution in [-0.4, -0.2) is 0 Å². The first-order valence-electron chi connectivity index (χ1n) is 6.98. The molecule has 0 aliphatic heterocycles. The van der Waals surface area contributed by atoms with Crippen molar-refractivity contribution in [2.24, 2.45) is 0 Å². The number of benzene rings is 3. The summed E-state index contributed by atoms with van der Waals surface area (Å²) < 4.78 is 6.33. The van der Waals surface area contributed by atoms with Crippen molar-refractivity contribution < 1.29 is 4.52 Å². The molecule has 0 amide bonds. The van der Waals surface area contributed by atoms with Crippen LogP contribution in [0.5, 0.6) is 5.75 Å². The van der Waals surface area contributed by atoms with Crippen LogP contribution in [0.2, 0.25) is 0 Å². The first kappa shape index (κ1) is 13.9. The molecule has 0 aliphatic rings. The molecule has 0 heterocycles. The average Bonchev–Trinajstić information content (AvgIpc) is 2.54. The van der Waals surface area contributed by atoms with Crippen LogP contribution in [0.1, 0.15) is 5.56 Å². The topological polar surface area (TPSA) is 9.23 Å². The molecule has 0 fully saturated rings. The molecule has 0 aliphatic carbocycles. The maximum absolute atomic E-state index is 6.33. The Morgan fingerprint density at radius 1 is 0.667 bits per heavy atom. The molecule has 0 unspecified atom stereocenters. The van der Waals surface area contributed by atoms with Crippen molar-refractivity contribution >= 4 is 18.8 Å². The predicted molar refractivity (Wildman–Crippen MR) is 90.9 cm³/mol. The summed E-state index contributed by atoms with van der Waals surface area (Å²) in [4.78, 5) is 0. The van der Waals surface area contributed by atoms with E-state index in [0.29, 0.717) is 0 Å². The Bertz CT molecular complexity index is 656. The van der Waals surface area contributed by atoms with Crippen LogP contribution in [-0.2, 0) is 0 Å². The molecule has 0 saturated carbocycles. The fraction of sp³-hybridized carbons (Fsp3) is 0.0526. The number of hydrogen-bond donors (Lipinski definition) is 0. The Morgan fingerprint density at radius 2 is 1.24 bits per heavy atom. The highest BCUT2D eigenvalue weighted by molar-refractivity contribution is 7.68. The molecule has 0 N–H and O–H groups in total. The highest BCUT2D eigenvalue weighted by Crippen LogP contribution is 2.36. The van der Waals surface area contributed by atoms with Gasteiger partial charge in [-0.3, -0.25) is 0 Å². The summed E-state index contributed by atoms with van der Waals surface area (Å²) in [6.07, 6.45) is 0. The monoisotopic (exact) mass is 292 g/mol. The van der Waals surface area contributed by atoms with Crippen LogP contribution in [0.3, 0.4) is 0 Å². The molecule has 0 spiro atoms. The zero-order chi connectivity index (χ0) is 14.5. The molecule has 0 saturated heterocycles. The van der Waals surface area contributed by atoms with Crippen LogP contribution >= 0.6 is 8.15 Å². The van der Waals surface area contributed by atoms with E-state index in [2.05, 4.69) is 67.6 Å². The molecule has 1 nitrogen and oxygen atoms in total. The quantitative estimate of drug-likeness (QED) is 0.647. The van der Waals surface area contributed by atoms with Crippen molar-refractivity contribution in [3.8, 4) is 5.75 Å². The van der Waals surface area contributed by atoms with Gasteiger partial charge >= 0.3 is 0 Å². The van der Waals surface area contributed by atoms with Crippen LogP contribution in [0.25, 0.3) is 0 Å². The van der Waals surface area contributed by atoms with Gasteiger partial charge in [-0.05, 0) is 24.6 Å². The van der Waals surface area contributed by atoms with Gasteiger partial charge in [0.05, 0.1) is 0 Å². The van der Waals surface area contributed by atoms with E-state index >= 15 is 0 Å². The third kappa shape index (κ3) is 3.51. The van der Waals surface area contributed by atoms with Gasteiger partial charge in [-0.15, -0.1) is 0 Å². The summed E-state index contributed by atoms with van der Waals surface area (Å²) in [6, 6.07) is 29.1. The minimum Gasteiger partial charge on any atom is -0.464 e. The maximum Gasteiger partial charge on any atom is 0.150 e. The van der Waals surface area contributed by atoms with Gasteiger partial charge in [0.15, 0.2) is 8.15 Å². The molecule has 3 rings (SSSR count). The minimum atomic E-state index is -0.840. The van der Waals surface area contributed by atoms with E-state index in [4.69, 9.17) is 4.52 Å². The summed E-state index contributed by atoms with van der Waals surface area (Å²) in [5, 5.41) is 2.44. The second-order valence-corrected chi connectivity index (χ2v) is 6.68. The van der Waals surface area contributed by atoms with Gasteiger partial charge in [-0.25, -0.2) is 0 Å². The highest BCUT2D eigenvalue weighted by atomic mass is 31.1. The Hall–Kier alpha value is -2.11. The van der Waals surface area contributed by atoms with E-state index in [1.54, 1.807) is 0 Å². The summed E-state index contributed by atoms with van der Waals surface area (Å²) in [7, 11) is -0.840. The molecule has 3 aromatic carbocycles. The largest absolute Gasteiger partial charge is 0.464 e. The summed E-state index contributed by atoms with van der Waals surface area (Å²) in [6.45, 7) is 2.08. The van der Waals surface area contributed by atoms with Crippen molar-refractivity contribution in [1.82, 2.24) is 0 Å². The Kier molecular flexibility index (Phi) is 4.33. The van der Waals surface area contributed by atoms with Gasteiger partial charge < -0.3 is 4.52 Å².